The van der Waals surface area contributed by atoms with Crippen molar-refractivity contribution in [3.8, 4) is 0 Å². The number of carbonyl (C=O) groups excluding carboxylic acids is 2. The van der Waals surface area contributed by atoms with Crippen molar-refractivity contribution in [2.24, 2.45) is 0 Å². The summed E-state index contributed by atoms with van der Waals surface area (Å²) in [7, 11) is 0. The molecule has 0 unspecified atom stereocenters. The number of para-hydroxylation sites is 1. The second-order valence-corrected chi connectivity index (χ2v) is 7.41. The summed E-state index contributed by atoms with van der Waals surface area (Å²) in [6.45, 7) is -0.373. The van der Waals surface area contributed by atoms with Crippen molar-refractivity contribution >= 4 is 34.3 Å². The van der Waals surface area contributed by atoms with Gasteiger partial charge in [-0.1, -0.05) is 25.0 Å². The number of rotatable bonds is 6. The predicted octanol–water partition coefficient (Wildman–Crippen LogP) is 2.81. The maximum Gasteiger partial charge on any atom is 0.420 e. The van der Waals surface area contributed by atoms with Crippen LogP contribution in [0, 0.1) is 10.1 Å². The highest BCUT2D eigenvalue weighted by Crippen LogP contribution is 2.22. The zero-order chi connectivity index (χ0) is 22.0. The molecule has 2 N–H and O–H groups in total. The largest absolute Gasteiger partial charge is 0.420 e. The average molecular weight is 424 g/mol. The first-order valence-corrected chi connectivity index (χ1v) is 9.90. The molecule has 0 spiro atoms. The van der Waals surface area contributed by atoms with E-state index in [0.29, 0.717) is 11.3 Å². The lowest BCUT2D eigenvalue weighted by Crippen LogP contribution is -2.33. The van der Waals surface area contributed by atoms with Gasteiger partial charge in [-0.3, -0.25) is 24.3 Å². The molecule has 10 heteroatoms. The van der Waals surface area contributed by atoms with Gasteiger partial charge in [0, 0.05) is 12.1 Å². The van der Waals surface area contributed by atoms with Gasteiger partial charge in [-0.2, -0.15) is 0 Å². The van der Waals surface area contributed by atoms with Crippen LogP contribution in [0.3, 0.4) is 0 Å². The fourth-order valence-corrected chi connectivity index (χ4v) is 3.78. The Kier molecular flexibility index (Phi) is 5.52. The molecular weight excluding hydrogens is 404 g/mol. The average Bonchev–Trinajstić information content (AvgIpc) is 3.35. The van der Waals surface area contributed by atoms with Crippen molar-refractivity contribution in [1.29, 1.82) is 0 Å². The Hall–Kier alpha value is -3.95. The molecule has 4 rings (SSSR count). The monoisotopic (exact) mass is 424 g/mol. The first-order valence-electron chi connectivity index (χ1n) is 9.90. The van der Waals surface area contributed by atoms with Gasteiger partial charge >= 0.3 is 5.76 Å². The third-order valence-electron chi connectivity index (χ3n) is 5.30. The van der Waals surface area contributed by atoms with E-state index in [1.165, 1.54) is 12.1 Å². The molecule has 10 nitrogen and oxygen atoms in total. The van der Waals surface area contributed by atoms with Gasteiger partial charge in [-0.15, -0.1) is 0 Å². The van der Waals surface area contributed by atoms with Crippen molar-refractivity contribution < 1.29 is 18.9 Å². The zero-order valence-corrected chi connectivity index (χ0v) is 16.5. The minimum atomic E-state index is -0.807. The van der Waals surface area contributed by atoms with Gasteiger partial charge in [0.2, 0.25) is 5.91 Å². The van der Waals surface area contributed by atoms with Gasteiger partial charge in [0.25, 0.3) is 11.6 Å². The van der Waals surface area contributed by atoms with Gasteiger partial charge in [-0.05, 0) is 31.0 Å². The topological polar surface area (TPSA) is 136 Å². The number of non-ortho nitro benzene ring substituents is 1. The van der Waals surface area contributed by atoms with Crippen LogP contribution in [0.4, 0.5) is 11.4 Å². The molecule has 0 atom stereocenters. The first-order chi connectivity index (χ1) is 14.9. The fraction of sp³-hybridized carbons (Fsp3) is 0.286. The minimum Gasteiger partial charge on any atom is -0.407 e. The van der Waals surface area contributed by atoms with Crippen LogP contribution in [0.25, 0.3) is 11.1 Å². The number of aromatic nitrogens is 1. The number of nitro groups is 1. The molecule has 0 aliphatic heterocycles. The number of fused-ring (bicyclic) bond motifs is 1. The summed E-state index contributed by atoms with van der Waals surface area (Å²) in [4.78, 5) is 47.7. The second-order valence-electron chi connectivity index (χ2n) is 7.41. The van der Waals surface area contributed by atoms with E-state index in [4.69, 9.17) is 4.42 Å². The number of anilines is 1. The summed E-state index contributed by atoms with van der Waals surface area (Å²) in [5, 5.41) is 16.5. The van der Waals surface area contributed by atoms with Crippen LogP contribution in [0.1, 0.15) is 36.0 Å². The van der Waals surface area contributed by atoms with Gasteiger partial charge in [-0.25, -0.2) is 4.79 Å². The number of oxazole rings is 1. The summed E-state index contributed by atoms with van der Waals surface area (Å²) in [5.74, 6) is -1.61. The normalized spacial score (nSPS) is 13.9. The van der Waals surface area contributed by atoms with Gasteiger partial charge in [0.05, 0.1) is 27.8 Å². The minimum absolute atomic E-state index is 0.0170. The predicted molar refractivity (Wildman–Crippen MR) is 112 cm³/mol. The second kappa shape index (κ2) is 8.42. The highest BCUT2D eigenvalue weighted by atomic mass is 16.6. The van der Waals surface area contributed by atoms with E-state index in [1.807, 2.05) is 0 Å². The Bertz CT molecular complexity index is 1220. The maximum atomic E-state index is 12.6. The summed E-state index contributed by atoms with van der Waals surface area (Å²) < 4.78 is 6.12. The van der Waals surface area contributed by atoms with E-state index in [2.05, 4.69) is 10.6 Å². The van der Waals surface area contributed by atoms with E-state index in [0.717, 1.165) is 36.3 Å². The SMILES string of the molecule is O=C(Cn1c(=O)oc2cc([N+](=O)[O-])ccc21)Nc1ccccc1C(=O)NC1CCCC1. The van der Waals surface area contributed by atoms with Crippen LogP contribution in [0.2, 0.25) is 0 Å². The van der Waals surface area contributed by atoms with Crippen molar-refractivity contribution in [3.63, 3.8) is 0 Å². The number of carbonyl (C=O) groups is 2. The van der Waals surface area contributed by atoms with Crippen molar-refractivity contribution in [2.75, 3.05) is 5.32 Å². The van der Waals surface area contributed by atoms with Crippen LogP contribution in [0.5, 0.6) is 0 Å². The molecule has 2 amide bonds. The third-order valence-corrected chi connectivity index (χ3v) is 5.30. The molecule has 1 heterocycles. The number of nitro benzene ring substituents is 1. The van der Waals surface area contributed by atoms with Crippen molar-refractivity contribution in [3.05, 3.63) is 68.7 Å². The third kappa shape index (κ3) is 4.32. The molecule has 2 aromatic carbocycles. The lowest BCUT2D eigenvalue weighted by atomic mass is 10.1. The summed E-state index contributed by atoms with van der Waals surface area (Å²) >= 11 is 0. The standard InChI is InChI=1S/C21H20N4O6/c26-19(12-24-17-10-9-14(25(29)30)11-18(17)31-21(24)28)23-16-8-4-3-7-15(16)20(27)22-13-5-1-2-6-13/h3-4,7-11,13H,1-2,5-6,12H2,(H,22,27)(H,23,26). The Balaban J connectivity index is 1.52. The fourth-order valence-electron chi connectivity index (χ4n) is 3.78. The summed E-state index contributed by atoms with van der Waals surface area (Å²) in [6.07, 6.45) is 4.05. The molecule has 3 aromatic rings. The summed E-state index contributed by atoms with van der Waals surface area (Å²) in [6, 6.07) is 10.5. The number of nitrogens with zero attached hydrogens (tertiary/aromatic N) is 2. The van der Waals surface area contributed by atoms with Crippen LogP contribution in [-0.2, 0) is 11.3 Å². The highest BCUT2D eigenvalue weighted by Gasteiger charge is 2.21. The van der Waals surface area contributed by atoms with E-state index >= 15 is 0 Å². The molecule has 1 saturated carbocycles. The van der Waals surface area contributed by atoms with Crippen molar-refractivity contribution in [1.82, 2.24) is 9.88 Å². The summed E-state index contributed by atoms with van der Waals surface area (Å²) in [5.41, 5.74) is 0.726. The number of benzene rings is 2. The Morgan fingerprint density at radius 1 is 1.16 bits per heavy atom. The van der Waals surface area contributed by atoms with Crippen LogP contribution in [-0.4, -0.2) is 27.3 Å². The van der Waals surface area contributed by atoms with Crippen molar-refractivity contribution in [2.45, 2.75) is 38.3 Å². The number of hydrogen-bond donors (Lipinski definition) is 2. The number of nitrogens with one attached hydrogen (secondary N) is 2. The van der Waals surface area contributed by atoms with Crippen LogP contribution in [0.15, 0.2) is 51.7 Å². The Morgan fingerprint density at radius 3 is 2.65 bits per heavy atom. The lowest BCUT2D eigenvalue weighted by Gasteiger charge is -2.15. The zero-order valence-electron chi connectivity index (χ0n) is 16.5. The van der Waals surface area contributed by atoms with E-state index < -0.39 is 16.6 Å². The van der Waals surface area contributed by atoms with E-state index in [9.17, 15) is 24.5 Å². The molecule has 1 fully saturated rings. The van der Waals surface area contributed by atoms with E-state index in [1.54, 1.807) is 24.3 Å². The lowest BCUT2D eigenvalue weighted by molar-refractivity contribution is -0.384. The smallest absolute Gasteiger partial charge is 0.407 e. The maximum absolute atomic E-state index is 12.6. The van der Waals surface area contributed by atoms with Gasteiger partial charge in [0.1, 0.15) is 6.54 Å². The molecule has 31 heavy (non-hydrogen) atoms. The number of hydrogen-bond acceptors (Lipinski definition) is 6. The molecule has 0 saturated heterocycles. The molecule has 1 aromatic heterocycles. The molecule has 0 bridgehead atoms. The van der Waals surface area contributed by atoms with E-state index in [-0.39, 0.29) is 35.3 Å². The first kappa shape index (κ1) is 20.3. The molecule has 160 valence electrons. The molecule has 1 aliphatic rings. The van der Waals surface area contributed by atoms with Gasteiger partial charge < -0.3 is 15.1 Å². The Morgan fingerprint density at radius 2 is 1.90 bits per heavy atom. The molecule has 0 radical (unpaired) electrons. The molecule has 1 aliphatic carbocycles. The van der Waals surface area contributed by atoms with Crippen LogP contribution >= 0.6 is 0 Å². The quantitative estimate of drug-likeness (QED) is 0.461. The molecular formula is C21H20N4O6. The highest BCUT2D eigenvalue weighted by molar-refractivity contribution is 6.04. The van der Waals surface area contributed by atoms with Gasteiger partial charge in [0.15, 0.2) is 5.58 Å². The van der Waals surface area contributed by atoms with Crippen LogP contribution < -0.4 is 16.4 Å². The Labute approximate surface area is 176 Å². The number of amides is 2.